The molecule has 1 rings (SSSR count). The van der Waals surface area contributed by atoms with Crippen molar-refractivity contribution in [1.29, 1.82) is 0 Å². The molecule has 0 radical (unpaired) electrons. The first kappa shape index (κ1) is 15.3. The van der Waals surface area contributed by atoms with E-state index in [9.17, 15) is 0 Å². The molecule has 0 aromatic rings. The molecule has 102 valence electrons. The number of ether oxygens (including phenoxy) is 1. The Balaban J connectivity index is 2.28. The minimum Gasteiger partial charge on any atom is -0.371 e. The highest BCUT2D eigenvalue weighted by Gasteiger charge is 2.32. The van der Waals surface area contributed by atoms with Gasteiger partial charge in [-0.2, -0.15) is 11.8 Å². The van der Waals surface area contributed by atoms with Gasteiger partial charge in [0, 0.05) is 17.8 Å². The third-order valence-electron chi connectivity index (χ3n) is 4.09. The van der Waals surface area contributed by atoms with Crippen LogP contribution in [0.15, 0.2) is 0 Å². The number of hydrogen-bond donors (Lipinski definition) is 1. The van der Waals surface area contributed by atoms with E-state index in [0.717, 1.165) is 13.1 Å². The molecule has 1 atom stereocenters. The zero-order valence-corrected chi connectivity index (χ0v) is 13.0. The summed E-state index contributed by atoms with van der Waals surface area (Å²) in [4.78, 5) is 0. The van der Waals surface area contributed by atoms with E-state index in [1.165, 1.54) is 25.7 Å². The second-order valence-corrected chi connectivity index (χ2v) is 7.04. The Hall–Kier alpha value is 0.270. The normalized spacial score (nSPS) is 24.2. The highest BCUT2D eigenvalue weighted by molar-refractivity contribution is 8.00. The standard InChI is InChI=1S/C14H29NOS/c1-6-14(7-2,17-5)11-15-10-12-8-9-13(3,4)16-12/h12,15H,6-11H2,1-5H3. The number of rotatable bonds is 7. The average molecular weight is 259 g/mol. The molecule has 3 heteroatoms. The van der Waals surface area contributed by atoms with E-state index < -0.39 is 0 Å². The van der Waals surface area contributed by atoms with E-state index >= 15 is 0 Å². The molecular formula is C14H29NOS. The molecule has 0 aromatic heterocycles. The van der Waals surface area contributed by atoms with Crippen LogP contribution in [-0.4, -0.2) is 35.8 Å². The van der Waals surface area contributed by atoms with Gasteiger partial charge in [-0.05, 0) is 45.8 Å². The summed E-state index contributed by atoms with van der Waals surface area (Å²) in [5.41, 5.74) is 0.0957. The highest BCUT2D eigenvalue weighted by atomic mass is 32.2. The lowest BCUT2D eigenvalue weighted by molar-refractivity contribution is -0.0143. The quantitative estimate of drug-likeness (QED) is 0.756. The van der Waals surface area contributed by atoms with Gasteiger partial charge in [0.2, 0.25) is 0 Å². The monoisotopic (exact) mass is 259 g/mol. The van der Waals surface area contributed by atoms with Crippen LogP contribution in [-0.2, 0) is 4.74 Å². The SMILES string of the molecule is CCC(CC)(CNCC1CCC(C)(C)O1)SC. The lowest BCUT2D eigenvalue weighted by atomic mass is 10.0. The summed E-state index contributed by atoms with van der Waals surface area (Å²) < 4.78 is 6.41. The molecule has 0 spiro atoms. The van der Waals surface area contributed by atoms with Crippen molar-refractivity contribution in [2.45, 2.75) is 69.8 Å². The van der Waals surface area contributed by atoms with Crippen molar-refractivity contribution < 1.29 is 4.74 Å². The van der Waals surface area contributed by atoms with Gasteiger partial charge in [0.25, 0.3) is 0 Å². The van der Waals surface area contributed by atoms with E-state index in [0.29, 0.717) is 10.9 Å². The minimum atomic E-state index is 0.0957. The maximum atomic E-state index is 6.00. The van der Waals surface area contributed by atoms with Crippen molar-refractivity contribution in [3.05, 3.63) is 0 Å². The second-order valence-electron chi connectivity index (χ2n) is 5.76. The fourth-order valence-corrected chi connectivity index (χ4v) is 3.37. The topological polar surface area (TPSA) is 21.3 Å². The number of hydrogen-bond acceptors (Lipinski definition) is 3. The molecule has 0 aliphatic carbocycles. The summed E-state index contributed by atoms with van der Waals surface area (Å²) >= 11 is 2.00. The van der Waals surface area contributed by atoms with E-state index in [1.807, 2.05) is 11.8 Å². The summed E-state index contributed by atoms with van der Waals surface area (Å²) in [6.45, 7) is 11.1. The Morgan fingerprint density at radius 3 is 2.41 bits per heavy atom. The Bertz CT molecular complexity index is 218. The fraction of sp³-hybridized carbons (Fsp3) is 1.00. The molecule has 1 heterocycles. The Kier molecular flexibility index (Phi) is 5.81. The van der Waals surface area contributed by atoms with Gasteiger partial charge in [0.05, 0.1) is 11.7 Å². The van der Waals surface area contributed by atoms with E-state index in [4.69, 9.17) is 4.74 Å². The van der Waals surface area contributed by atoms with Crippen LogP contribution in [0.1, 0.15) is 53.4 Å². The number of nitrogens with one attached hydrogen (secondary N) is 1. The lowest BCUT2D eigenvalue weighted by Crippen LogP contribution is -2.40. The van der Waals surface area contributed by atoms with E-state index in [-0.39, 0.29) is 5.60 Å². The molecule has 0 amide bonds. The first-order valence-corrected chi connectivity index (χ1v) is 8.13. The molecule has 1 N–H and O–H groups in total. The van der Waals surface area contributed by atoms with Gasteiger partial charge >= 0.3 is 0 Å². The molecule has 0 saturated carbocycles. The van der Waals surface area contributed by atoms with Gasteiger partial charge in [0.1, 0.15) is 0 Å². The Morgan fingerprint density at radius 1 is 1.35 bits per heavy atom. The van der Waals surface area contributed by atoms with Crippen LogP contribution in [0.5, 0.6) is 0 Å². The molecular weight excluding hydrogens is 230 g/mol. The third-order valence-corrected chi connectivity index (χ3v) is 5.68. The van der Waals surface area contributed by atoms with Crippen LogP contribution in [0, 0.1) is 0 Å². The smallest absolute Gasteiger partial charge is 0.0707 e. The van der Waals surface area contributed by atoms with Crippen molar-refractivity contribution >= 4 is 11.8 Å². The zero-order valence-electron chi connectivity index (χ0n) is 12.1. The zero-order chi connectivity index (χ0) is 12.9. The molecule has 0 aromatic carbocycles. The second kappa shape index (κ2) is 6.44. The van der Waals surface area contributed by atoms with Crippen molar-refractivity contribution in [1.82, 2.24) is 5.32 Å². The van der Waals surface area contributed by atoms with Crippen LogP contribution in [0.2, 0.25) is 0 Å². The fourth-order valence-electron chi connectivity index (χ4n) is 2.54. The molecule has 17 heavy (non-hydrogen) atoms. The summed E-state index contributed by atoms with van der Waals surface area (Å²) in [6.07, 6.45) is 7.49. The number of thioether (sulfide) groups is 1. The molecule has 1 saturated heterocycles. The third kappa shape index (κ3) is 4.46. The van der Waals surface area contributed by atoms with E-state index in [1.54, 1.807) is 0 Å². The maximum absolute atomic E-state index is 6.00. The molecule has 1 aliphatic rings. The Labute approximate surface area is 111 Å². The van der Waals surface area contributed by atoms with Crippen molar-refractivity contribution in [2.75, 3.05) is 19.3 Å². The first-order chi connectivity index (χ1) is 7.97. The Morgan fingerprint density at radius 2 is 2.00 bits per heavy atom. The maximum Gasteiger partial charge on any atom is 0.0707 e. The van der Waals surface area contributed by atoms with Gasteiger partial charge in [0.15, 0.2) is 0 Å². The van der Waals surface area contributed by atoms with Crippen LogP contribution >= 0.6 is 11.8 Å². The molecule has 1 unspecified atom stereocenters. The molecule has 1 fully saturated rings. The summed E-state index contributed by atoms with van der Waals surface area (Å²) in [7, 11) is 0. The first-order valence-electron chi connectivity index (χ1n) is 6.90. The van der Waals surface area contributed by atoms with Gasteiger partial charge in [-0.15, -0.1) is 0 Å². The highest BCUT2D eigenvalue weighted by Crippen LogP contribution is 2.31. The molecule has 0 bridgehead atoms. The van der Waals surface area contributed by atoms with Crippen LogP contribution < -0.4 is 5.32 Å². The summed E-state index contributed by atoms with van der Waals surface area (Å²) in [5.74, 6) is 0. The molecule has 1 aliphatic heterocycles. The minimum absolute atomic E-state index is 0.0957. The van der Waals surface area contributed by atoms with Crippen LogP contribution in [0.4, 0.5) is 0 Å². The van der Waals surface area contributed by atoms with Gasteiger partial charge < -0.3 is 10.1 Å². The largest absolute Gasteiger partial charge is 0.371 e. The van der Waals surface area contributed by atoms with Crippen molar-refractivity contribution in [3.63, 3.8) is 0 Å². The summed E-state index contributed by atoms with van der Waals surface area (Å²) in [5, 5.41) is 3.61. The van der Waals surface area contributed by atoms with E-state index in [2.05, 4.69) is 39.3 Å². The predicted molar refractivity (Wildman–Crippen MR) is 77.9 cm³/mol. The van der Waals surface area contributed by atoms with Gasteiger partial charge in [-0.1, -0.05) is 13.8 Å². The summed E-state index contributed by atoms with van der Waals surface area (Å²) in [6, 6.07) is 0. The predicted octanol–water partition coefficient (Wildman–Crippen LogP) is 3.46. The average Bonchev–Trinajstić information content (AvgIpc) is 2.65. The van der Waals surface area contributed by atoms with Crippen LogP contribution in [0.3, 0.4) is 0 Å². The van der Waals surface area contributed by atoms with Gasteiger partial charge in [-0.25, -0.2) is 0 Å². The molecule has 2 nitrogen and oxygen atoms in total. The van der Waals surface area contributed by atoms with Crippen molar-refractivity contribution in [3.8, 4) is 0 Å². The van der Waals surface area contributed by atoms with Gasteiger partial charge in [-0.3, -0.25) is 0 Å². The van der Waals surface area contributed by atoms with Crippen molar-refractivity contribution in [2.24, 2.45) is 0 Å². The lowest BCUT2D eigenvalue weighted by Gasteiger charge is -2.30. The van der Waals surface area contributed by atoms with Crippen LogP contribution in [0.25, 0.3) is 0 Å².